The van der Waals surface area contributed by atoms with Gasteiger partial charge in [0.1, 0.15) is 18.2 Å². The van der Waals surface area contributed by atoms with E-state index in [0.717, 1.165) is 32.6 Å². The highest BCUT2D eigenvalue weighted by Gasteiger charge is 2.20. The molecule has 1 aromatic rings. The van der Waals surface area contributed by atoms with E-state index in [9.17, 15) is 9.18 Å². The average Bonchev–Trinajstić information content (AvgIpc) is 2.78. The average molecular weight is 338 g/mol. The van der Waals surface area contributed by atoms with Gasteiger partial charge in [0.25, 0.3) is 0 Å². The first kappa shape index (κ1) is 18.5. The highest BCUT2D eigenvalue weighted by Crippen LogP contribution is 2.12. The molecule has 5 nitrogen and oxygen atoms in total. The molecule has 0 aliphatic carbocycles. The summed E-state index contributed by atoms with van der Waals surface area (Å²) in [7, 11) is 0. The first-order chi connectivity index (χ1) is 11.5. The normalized spacial score (nSPS) is 16.1. The van der Waals surface area contributed by atoms with Gasteiger partial charge in [-0.25, -0.2) is 9.18 Å². The summed E-state index contributed by atoms with van der Waals surface area (Å²) in [5.41, 5.74) is 0. The van der Waals surface area contributed by atoms with E-state index in [2.05, 4.69) is 4.90 Å². The minimum absolute atomic E-state index is 0.221. The first-order valence-corrected chi connectivity index (χ1v) is 8.57. The van der Waals surface area contributed by atoms with Crippen molar-refractivity contribution < 1.29 is 18.7 Å². The third kappa shape index (κ3) is 6.35. The lowest BCUT2D eigenvalue weighted by Crippen LogP contribution is -2.37. The molecule has 134 valence electrons. The molecule has 1 aliphatic heterocycles. The van der Waals surface area contributed by atoms with E-state index in [1.54, 1.807) is 17.0 Å². The fourth-order valence-corrected chi connectivity index (χ4v) is 2.56. The summed E-state index contributed by atoms with van der Waals surface area (Å²) in [5, 5.41) is 0. The Morgan fingerprint density at radius 2 is 2.08 bits per heavy atom. The molecule has 0 spiro atoms. The van der Waals surface area contributed by atoms with Gasteiger partial charge in [-0.2, -0.15) is 0 Å². The van der Waals surface area contributed by atoms with Crippen molar-refractivity contribution in [1.29, 1.82) is 0 Å². The fraction of sp³-hybridized carbons (Fsp3) is 0.611. The largest absolute Gasteiger partial charge is 0.492 e. The van der Waals surface area contributed by atoms with Crippen molar-refractivity contribution in [1.82, 2.24) is 9.80 Å². The Hall–Kier alpha value is -1.82. The molecule has 1 saturated heterocycles. The van der Waals surface area contributed by atoms with Gasteiger partial charge in [-0.05, 0) is 24.5 Å². The molecule has 1 fully saturated rings. The van der Waals surface area contributed by atoms with Crippen LogP contribution in [0.2, 0.25) is 0 Å². The van der Waals surface area contributed by atoms with Crippen molar-refractivity contribution >= 4 is 6.09 Å². The highest BCUT2D eigenvalue weighted by molar-refractivity contribution is 5.67. The predicted octanol–water partition coefficient (Wildman–Crippen LogP) is 3.00. The number of rotatable bonds is 6. The molecule has 24 heavy (non-hydrogen) atoms. The van der Waals surface area contributed by atoms with Gasteiger partial charge in [-0.3, -0.25) is 4.90 Å². The Kier molecular flexibility index (Phi) is 7.31. The number of nitrogens with zero attached hydrogens (tertiary/aromatic N) is 2. The smallest absolute Gasteiger partial charge is 0.409 e. The van der Waals surface area contributed by atoms with E-state index >= 15 is 0 Å². The highest BCUT2D eigenvalue weighted by atomic mass is 19.1. The van der Waals surface area contributed by atoms with E-state index < -0.39 is 0 Å². The Labute approximate surface area is 143 Å². The molecule has 1 aromatic carbocycles. The zero-order chi connectivity index (χ0) is 17.4. The Morgan fingerprint density at radius 3 is 2.83 bits per heavy atom. The number of hydrogen-bond acceptors (Lipinski definition) is 4. The van der Waals surface area contributed by atoms with Crippen LogP contribution in [0.15, 0.2) is 24.3 Å². The number of halogens is 1. The topological polar surface area (TPSA) is 42.0 Å². The van der Waals surface area contributed by atoms with Crippen molar-refractivity contribution in [2.24, 2.45) is 5.92 Å². The van der Waals surface area contributed by atoms with Crippen LogP contribution in [-0.2, 0) is 4.74 Å². The fourth-order valence-electron chi connectivity index (χ4n) is 2.56. The summed E-state index contributed by atoms with van der Waals surface area (Å²) in [6.45, 7) is 8.86. The van der Waals surface area contributed by atoms with E-state index in [1.807, 2.05) is 13.8 Å². The molecule has 0 radical (unpaired) electrons. The summed E-state index contributed by atoms with van der Waals surface area (Å²) >= 11 is 0. The van der Waals surface area contributed by atoms with Crippen molar-refractivity contribution in [2.75, 3.05) is 45.9 Å². The molecule has 0 unspecified atom stereocenters. The van der Waals surface area contributed by atoms with Crippen LogP contribution < -0.4 is 4.74 Å². The van der Waals surface area contributed by atoms with Gasteiger partial charge in [0.15, 0.2) is 0 Å². The number of hydrogen-bond donors (Lipinski definition) is 0. The van der Waals surface area contributed by atoms with Gasteiger partial charge in [0.05, 0.1) is 6.61 Å². The van der Waals surface area contributed by atoms with E-state index in [1.165, 1.54) is 12.1 Å². The zero-order valence-corrected chi connectivity index (χ0v) is 14.5. The van der Waals surface area contributed by atoms with Crippen molar-refractivity contribution in [2.45, 2.75) is 20.3 Å². The summed E-state index contributed by atoms with van der Waals surface area (Å²) in [6.07, 6.45) is 0.693. The lowest BCUT2D eigenvalue weighted by Gasteiger charge is -2.22. The number of benzene rings is 1. The summed E-state index contributed by atoms with van der Waals surface area (Å²) in [4.78, 5) is 16.1. The molecule has 0 bridgehead atoms. The Morgan fingerprint density at radius 1 is 1.25 bits per heavy atom. The maximum atomic E-state index is 13.1. The molecule has 2 rings (SSSR count). The van der Waals surface area contributed by atoms with Crippen LogP contribution in [0, 0.1) is 11.7 Å². The second kappa shape index (κ2) is 9.47. The molecule has 6 heteroatoms. The number of carbonyl (C=O) groups is 1. The summed E-state index contributed by atoms with van der Waals surface area (Å²) in [5.74, 6) is 0.596. The van der Waals surface area contributed by atoms with Gasteiger partial charge in [0, 0.05) is 38.8 Å². The maximum Gasteiger partial charge on any atom is 0.409 e. The lowest BCUT2D eigenvalue weighted by molar-refractivity contribution is 0.0929. The van der Waals surface area contributed by atoms with Crippen molar-refractivity contribution in [3.63, 3.8) is 0 Å². The van der Waals surface area contributed by atoms with Crippen LogP contribution in [0.3, 0.4) is 0 Å². The standard InChI is InChI=1S/C18H27FN2O3/c1-15(2)14-24-18(22)21-8-4-7-20(9-10-21)11-12-23-17-6-3-5-16(19)13-17/h3,5-6,13,15H,4,7-12,14H2,1-2H3. The number of carbonyl (C=O) groups excluding carboxylic acids is 1. The van der Waals surface area contributed by atoms with Gasteiger partial charge < -0.3 is 14.4 Å². The van der Waals surface area contributed by atoms with Crippen LogP contribution in [-0.4, -0.2) is 61.8 Å². The third-order valence-electron chi connectivity index (χ3n) is 3.86. The second-order valence-electron chi connectivity index (χ2n) is 6.46. The number of amides is 1. The Balaban J connectivity index is 1.70. The first-order valence-electron chi connectivity index (χ1n) is 8.57. The van der Waals surface area contributed by atoms with E-state index in [4.69, 9.17) is 9.47 Å². The van der Waals surface area contributed by atoms with Crippen LogP contribution in [0.4, 0.5) is 9.18 Å². The van der Waals surface area contributed by atoms with Crippen LogP contribution >= 0.6 is 0 Å². The lowest BCUT2D eigenvalue weighted by atomic mass is 10.2. The molecule has 1 amide bonds. The van der Waals surface area contributed by atoms with Crippen molar-refractivity contribution in [3.8, 4) is 5.75 Å². The van der Waals surface area contributed by atoms with Crippen LogP contribution in [0.5, 0.6) is 5.75 Å². The van der Waals surface area contributed by atoms with Gasteiger partial charge in [-0.1, -0.05) is 19.9 Å². The minimum Gasteiger partial charge on any atom is -0.492 e. The van der Waals surface area contributed by atoms with Crippen molar-refractivity contribution in [3.05, 3.63) is 30.1 Å². The maximum absolute atomic E-state index is 13.1. The van der Waals surface area contributed by atoms with Crippen LogP contribution in [0.25, 0.3) is 0 Å². The Bertz CT molecular complexity index is 525. The van der Waals surface area contributed by atoms with E-state index in [0.29, 0.717) is 31.4 Å². The predicted molar refractivity (Wildman–Crippen MR) is 90.7 cm³/mol. The van der Waals surface area contributed by atoms with Gasteiger partial charge >= 0.3 is 6.09 Å². The summed E-state index contributed by atoms with van der Waals surface area (Å²) in [6, 6.07) is 6.17. The molecular formula is C18H27FN2O3. The molecular weight excluding hydrogens is 311 g/mol. The quantitative estimate of drug-likeness (QED) is 0.800. The molecule has 1 aliphatic rings. The summed E-state index contributed by atoms with van der Waals surface area (Å²) < 4.78 is 24.0. The zero-order valence-electron chi connectivity index (χ0n) is 14.5. The second-order valence-corrected chi connectivity index (χ2v) is 6.46. The van der Waals surface area contributed by atoms with E-state index in [-0.39, 0.29) is 11.9 Å². The molecule has 0 aromatic heterocycles. The van der Waals surface area contributed by atoms with Gasteiger partial charge in [0.2, 0.25) is 0 Å². The molecule has 0 saturated carbocycles. The monoisotopic (exact) mass is 338 g/mol. The third-order valence-corrected chi connectivity index (χ3v) is 3.86. The molecule has 0 N–H and O–H groups in total. The minimum atomic E-state index is -0.294. The van der Waals surface area contributed by atoms with Gasteiger partial charge in [-0.15, -0.1) is 0 Å². The molecule has 0 atom stereocenters. The van der Waals surface area contributed by atoms with Crippen LogP contribution in [0.1, 0.15) is 20.3 Å². The molecule has 1 heterocycles. The SMILES string of the molecule is CC(C)COC(=O)N1CCCN(CCOc2cccc(F)c2)CC1. The number of ether oxygens (including phenoxy) is 2.